The fraction of sp³-hybridized carbons (Fsp3) is 0. The van der Waals surface area contributed by atoms with E-state index < -0.39 is 18.1 Å². The maximum atomic E-state index is 9.77. The first-order valence-corrected chi connectivity index (χ1v) is 17.1. The minimum Gasteiger partial charge on any atom is -0.455 e. The van der Waals surface area contributed by atoms with E-state index in [0.29, 0.717) is 38.8 Å². The maximum Gasteiger partial charge on any atom is 0.143 e. The molecule has 0 fully saturated rings. The van der Waals surface area contributed by atoms with Crippen molar-refractivity contribution in [2.75, 3.05) is 4.90 Å². The van der Waals surface area contributed by atoms with E-state index in [4.69, 9.17) is 7.16 Å². The minimum atomic E-state index is -0.507. The Morgan fingerprint density at radius 3 is 1.96 bits per heavy atom. The van der Waals surface area contributed by atoms with Crippen molar-refractivity contribution in [2.24, 2.45) is 0 Å². The van der Waals surface area contributed by atoms with Crippen molar-refractivity contribution in [3.05, 3.63) is 200 Å². The van der Waals surface area contributed by atoms with Crippen molar-refractivity contribution in [3.8, 4) is 33.4 Å². The van der Waals surface area contributed by atoms with Gasteiger partial charge in [0.25, 0.3) is 0 Å². The molecule has 0 aliphatic carbocycles. The molecule has 0 aliphatic heterocycles. The highest BCUT2D eigenvalue weighted by atomic mass is 16.3. The fourth-order valence-corrected chi connectivity index (χ4v) is 7.24. The summed E-state index contributed by atoms with van der Waals surface area (Å²) in [6.45, 7) is 0. The van der Waals surface area contributed by atoms with Crippen molar-refractivity contribution in [3.63, 3.8) is 0 Å². The van der Waals surface area contributed by atoms with E-state index in [9.17, 15) is 8.22 Å². The second kappa shape index (κ2) is 12.5. The van der Waals surface area contributed by atoms with Crippen molar-refractivity contribution >= 4 is 60.5 Å². The summed E-state index contributed by atoms with van der Waals surface area (Å²) in [7, 11) is 0. The average molecular weight is 672 g/mol. The summed E-state index contributed by atoms with van der Waals surface area (Å²) in [5, 5.41) is 5.23. The van der Waals surface area contributed by atoms with Gasteiger partial charge in [-0.15, -0.1) is 0 Å². The van der Waals surface area contributed by atoms with Crippen molar-refractivity contribution in [1.82, 2.24) is 0 Å². The van der Waals surface area contributed by atoms with Crippen LogP contribution in [0.15, 0.2) is 204 Å². The lowest BCUT2D eigenvalue weighted by atomic mass is 9.95. The number of furan rings is 1. The van der Waals surface area contributed by atoms with Crippen LogP contribution in [-0.2, 0) is 0 Å². The summed E-state index contributed by atoms with van der Waals surface area (Å²) in [6, 6.07) is 44.5. The van der Waals surface area contributed by atoms with Gasteiger partial charge in [0.1, 0.15) is 11.2 Å². The lowest BCUT2D eigenvalue weighted by Crippen LogP contribution is -2.11. The van der Waals surface area contributed by atoms with Gasteiger partial charge in [0.15, 0.2) is 0 Å². The third-order valence-electron chi connectivity index (χ3n) is 9.65. The fourth-order valence-electron chi connectivity index (χ4n) is 7.24. The van der Waals surface area contributed by atoms with E-state index in [-0.39, 0.29) is 52.7 Å². The highest BCUT2D eigenvalue weighted by Gasteiger charge is 2.22. The smallest absolute Gasteiger partial charge is 0.143 e. The van der Waals surface area contributed by atoms with Gasteiger partial charge in [0.05, 0.1) is 27.7 Å². The number of benzene rings is 9. The largest absolute Gasteiger partial charge is 0.455 e. The van der Waals surface area contributed by atoms with E-state index in [1.54, 1.807) is 42.5 Å². The van der Waals surface area contributed by atoms with Gasteiger partial charge in [-0.1, -0.05) is 158 Å². The first-order valence-electron chi connectivity index (χ1n) is 21.1. The summed E-state index contributed by atoms with van der Waals surface area (Å²) < 4.78 is 81.7. The number of fused-ring (bicyclic) bond motifs is 6. The average Bonchev–Trinajstić information content (AvgIpc) is 3.68. The molecule has 244 valence electrons. The monoisotopic (exact) mass is 671 g/mol. The standard InChI is InChI=1S/C50H33NO/c1-2-13-36(14-3-1)43-21-8-9-24-46(43)51(47-25-12-26-48-49(47)45-32-29-37-16-5-7-22-44(37)50(45)52-48)40-30-27-34(28-31-40)38-18-10-19-39(33-38)42-23-11-17-35-15-4-6-20-41(35)42/h1-33H/i8D,9D,21D,24D,27D,28D,30D,31D. The predicted octanol–water partition coefficient (Wildman–Crippen LogP) is 14.4. The molecule has 0 atom stereocenters. The van der Waals surface area contributed by atoms with Crippen LogP contribution in [0.25, 0.3) is 76.9 Å². The predicted molar refractivity (Wildman–Crippen MR) is 220 cm³/mol. The summed E-state index contributed by atoms with van der Waals surface area (Å²) in [5.74, 6) is 0. The second-order valence-corrected chi connectivity index (χ2v) is 12.7. The number of anilines is 3. The summed E-state index contributed by atoms with van der Waals surface area (Å²) in [4.78, 5) is 1.48. The van der Waals surface area contributed by atoms with E-state index in [1.165, 1.54) is 4.90 Å². The van der Waals surface area contributed by atoms with Gasteiger partial charge in [-0.3, -0.25) is 0 Å². The Balaban J connectivity index is 1.29. The SMILES string of the molecule is [2H]c1c([2H])c([2H])c(N(c2c([2H])c([2H])c(-c3cccc(-c4cccc5ccccc45)c3)c([2H])c2[2H])c2cccc3oc4c5ccccc5ccc4c23)c(-c2ccccc2)c1[2H]. The zero-order valence-corrected chi connectivity index (χ0v) is 27.8. The van der Waals surface area contributed by atoms with Gasteiger partial charge in [-0.25, -0.2) is 0 Å². The van der Waals surface area contributed by atoms with Crippen LogP contribution in [0, 0.1) is 0 Å². The quantitative estimate of drug-likeness (QED) is 0.175. The molecular weight excluding hydrogens is 631 g/mol. The molecule has 0 bridgehead atoms. The van der Waals surface area contributed by atoms with Crippen LogP contribution in [0.1, 0.15) is 11.0 Å². The van der Waals surface area contributed by atoms with Gasteiger partial charge >= 0.3 is 0 Å². The maximum absolute atomic E-state index is 9.77. The summed E-state index contributed by atoms with van der Waals surface area (Å²) in [6.07, 6.45) is 0. The number of hydrogen-bond acceptors (Lipinski definition) is 2. The Kier molecular flexibility index (Phi) is 5.45. The lowest BCUT2D eigenvalue weighted by Gasteiger charge is -2.28. The van der Waals surface area contributed by atoms with Gasteiger partial charge in [0, 0.05) is 22.0 Å². The molecule has 52 heavy (non-hydrogen) atoms. The number of hydrogen-bond donors (Lipinski definition) is 0. The molecule has 0 radical (unpaired) electrons. The first kappa shape index (κ1) is 22.7. The number of nitrogens with zero attached hydrogens (tertiary/aromatic N) is 1. The molecular formula is C50H33NO. The third-order valence-corrected chi connectivity index (χ3v) is 9.65. The van der Waals surface area contributed by atoms with Crippen molar-refractivity contribution < 1.29 is 15.4 Å². The second-order valence-electron chi connectivity index (χ2n) is 12.7. The Labute approximate surface area is 313 Å². The Bertz CT molecular complexity index is 3350. The first-order chi connectivity index (χ1) is 29.1. The molecule has 1 aromatic heterocycles. The highest BCUT2D eigenvalue weighted by Crippen LogP contribution is 2.47. The summed E-state index contributed by atoms with van der Waals surface area (Å²) in [5.41, 5.74) is 4.28. The van der Waals surface area contributed by atoms with Crippen molar-refractivity contribution in [2.45, 2.75) is 0 Å². The van der Waals surface area contributed by atoms with Crippen LogP contribution in [0.2, 0.25) is 0 Å². The molecule has 10 aromatic rings. The molecule has 1 heterocycles. The van der Waals surface area contributed by atoms with E-state index >= 15 is 0 Å². The van der Waals surface area contributed by atoms with Crippen molar-refractivity contribution in [1.29, 1.82) is 0 Å². The number of para-hydroxylation sites is 1. The van der Waals surface area contributed by atoms with Crippen LogP contribution in [0.3, 0.4) is 0 Å². The van der Waals surface area contributed by atoms with Gasteiger partial charge in [-0.2, -0.15) is 0 Å². The van der Waals surface area contributed by atoms with Crippen LogP contribution in [0.5, 0.6) is 0 Å². The zero-order valence-electron chi connectivity index (χ0n) is 35.8. The number of rotatable bonds is 6. The molecule has 0 N–H and O–H groups in total. The Hall–Kier alpha value is -6.90. The minimum absolute atomic E-state index is 0.0265. The Morgan fingerprint density at radius 1 is 0.423 bits per heavy atom. The molecule has 0 spiro atoms. The normalized spacial score (nSPS) is 13.6. The van der Waals surface area contributed by atoms with Gasteiger partial charge < -0.3 is 9.32 Å². The van der Waals surface area contributed by atoms with Crippen LogP contribution < -0.4 is 4.90 Å². The van der Waals surface area contributed by atoms with E-state index in [2.05, 4.69) is 0 Å². The molecule has 0 aliphatic rings. The van der Waals surface area contributed by atoms with E-state index in [1.807, 2.05) is 109 Å². The van der Waals surface area contributed by atoms with Crippen LogP contribution in [0.4, 0.5) is 17.1 Å². The highest BCUT2D eigenvalue weighted by molar-refractivity contribution is 6.19. The van der Waals surface area contributed by atoms with Gasteiger partial charge in [-0.05, 0) is 86.4 Å². The molecule has 0 amide bonds. The third kappa shape index (κ3) is 5.04. The zero-order chi connectivity index (χ0) is 41.4. The lowest BCUT2D eigenvalue weighted by molar-refractivity contribution is 0.672. The molecule has 0 saturated heterocycles. The van der Waals surface area contributed by atoms with Crippen LogP contribution >= 0.6 is 0 Å². The molecule has 0 saturated carbocycles. The van der Waals surface area contributed by atoms with E-state index in [0.717, 1.165) is 32.7 Å². The Morgan fingerprint density at radius 2 is 1.10 bits per heavy atom. The molecule has 10 rings (SSSR count). The molecule has 9 aromatic carbocycles. The summed E-state index contributed by atoms with van der Waals surface area (Å²) >= 11 is 0. The van der Waals surface area contributed by atoms with Crippen LogP contribution in [-0.4, -0.2) is 0 Å². The van der Waals surface area contributed by atoms with Gasteiger partial charge in [0.2, 0.25) is 0 Å². The molecule has 2 heteroatoms. The molecule has 0 unspecified atom stereocenters. The topological polar surface area (TPSA) is 16.4 Å². The molecule has 2 nitrogen and oxygen atoms in total.